The molecule has 116 valence electrons. The summed E-state index contributed by atoms with van der Waals surface area (Å²) in [6.07, 6.45) is 0. The average molecular weight is 293 g/mol. The Bertz CT molecular complexity index is 527. The van der Waals surface area contributed by atoms with Gasteiger partial charge in [0, 0.05) is 32.3 Å². The Morgan fingerprint density at radius 2 is 1.95 bits per heavy atom. The van der Waals surface area contributed by atoms with E-state index in [1.54, 1.807) is 20.2 Å². The fourth-order valence-electron chi connectivity index (χ4n) is 1.73. The van der Waals surface area contributed by atoms with E-state index in [-0.39, 0.29) is 11.6 Å². The van der Waals surface area contributed by atoms with Gasteiger partial charge in [-0.2, -0.15) is 0 Å². The maximum atomic E-state index is 12.0. The Kier molecular flexibility index (Phi) is 5.69. The Morgan fingerprint density at radius 3 is 2.43 bits per heavy atom. The molecular formula is C15H23N3O3. The van der Waals surface area contributed by atoms with Crippen molar-refractivity contribution in [1.29, 1.82) is 0 Å². The second kappa shape index (κ2) is 7.06. The van der Waals surface area contributed by atoms with Crippen molar-refractivity contribution in [3.05, 3.63) is 33.9 Å². The van der Waals surface area contributed by atoms with Gasteiger partial charge in [-0.25, -0.2) is 0 Å². The van der Waals surface area contributed by atoms with Crippen molar-refractivity contribution >= 4 is 17.3 Å². The van der Waals surface area contributed by atoms with Crippen LogP contribution in [0.5, 0.6) is 0 Å². The summed E-state index contributed by atoms with van der Waals surface area (Å²) in [4.78, 5) is 24.0. The van der Waals surface area contributed by atoms with Crippen molar-refractivity contribution in [3.63, 3.8) is 0 Å². The molecule has 0 spiro atoms. The number of hydrogen-bond donors (Lipinski definition) is 1. The number of nitro groups is 1. The highest BCUT2D eigenvalue weighted by molar-refractivity contribution is 5.95. The Balaban J connectivity index is 3.04. The van der Waals surface area contributed by atoms with Crippen molar-refractivity contribution in [2.24, 2.45) is 11.8 Å². The highest BCUT2D eigenvalue weighted by Crippen LogP contribution is 2.26. The molecule has 0 aliphatic carbocycles. The number of rotatable bonds is 6. The number of hydrogen-bond acceptors (Lipinski definition) is 4. The van der Waals surface area contributed by atoms with Crippen molar-refractivity contribution < 1.29 is 9.72 Å². The summed E-state index contributed by atoms with van der Waals surface area (Å²) >= 11 is 0. The predicted molar refractivity (Wildman–Crippen MR) is 83.6 cm³/mol. The third kappa shape index (κ3) is 4.44. The van der Waals surface area contributed by atoms with E-state index in [0.29, 0.717) is 29.6 Å². The summed E-state index contributed by atoms with van der Waals surface area (Å²) in [6, 6.07) is 4.41. The molecule has 0 fully saturated rings. The van der Waals surface area contributed by atoms with Crippen LogP contribution in [0.15, 0.2) is 18.2 Å². The van der Waals surface area contributed by atoms with Crippen LogP contribution >= 0.6 is 0 Å². The molecule has 0 saturated carbocycles. The summed E-state index contributed by atoms with van der Waals surface area (Å²) in [7, 11) is 3.30. The molecule has 6 heteroatoms. The van der Waals surface area contributed by atoms with Crippen LogP contribution in [0.2, 0.25) is 0 Å². The fourth-order valence-corrected chi connectivity index (χ4v) is 1.73. The fraction of sp³-hybridized carbons (Fsp3) is 0.533. The lowest BCUT2D eigenvalue weighted by Gasteiger charge is -2.17. The van der Waals surface area contributed by atoms with E-state index in [4.69, 9.17) is 0 Å². The van der Waals surface area contributed by atoms with Crippen LogP contribution in [0.25, 0.3) is 0 Å². The van der Waals surface area contributed by atoms with E-state index in [1.807, 2.05) is 0 Å². The van der Waals surface area contributed by atoms with Crippen LogP contribution in [-0.4, -0.2) is 36.4 Å². The molecule has 1 atom stereocenters. The third-order valence-corrected chi connectivity index (χ3v) is 3.60. The summed E-state index contributed by atoms with van der Waals surface area (Å²) in [6.45, 7) is 6.91. The molecule has 0 bridgehead atoms. The van der Waals surface area contributed by atoms with E-state index in [2.05, 4.69) is 26.1 Å². The molecule has 1 amide bonds. The van der Waals surface area contributed by atoms with Gasteiger partial charge in [0.1, 0.15) is 5.69 Å². The first-order chi connectivity index (χ1) is 9.73. The van der Waals surface area contributed by atoms with Gasteiger partial charge in [0.15, 0.2) is 0 Å². The van der Waals surface area contributed by atoms with Crippen LogP contribution in [0.3, 0.4) is 0 Å². The molecule has 0 aliphatic rings. The monoisotopic (exact) mass is 293 g/mol. The minimum Gasteiger partial charge on any atom is -0.379 e. The zero-order valence-corrected chi connectivity index (χ0v) is 13.2. The first kappa shape index (κ1) is 16.9. The number of benzene rings is 1. The SMILES string of the molecule is CC(C)C(C)CNc1cc(C(=O)N(C)C)ccc1[N+](=O)[O-]. The molecular weight excluding hydrogens is 270 g/mol. The van der Waals surface area contributed by atoms with Crippen molar-refractivity contribution in [3.8, 4) is 0 Å². The van der Waals surface area contributed by atoms with Crippen LogP contribution in [-0.2, 0) is 0 Å². The lowest BCUT2D eigenvalue weighted by Crippen LogP contribution is -2.22. The second-order valence-electron chi connectivity index (χ2n) is 5.79. The smallest absolute Gasteiger partial charge is 0.292 e. The van der Waals surface area contributed by atoms with Gasteiger partial charge in [0.05, 0.1) is 4.92 Å². The summed E-state index contributed by atoms with van der Waals surface area (Å²) in [5, 5.41) is 14.2. The lowest BCUT2D eigenvalue weighted by atomic mass is 9.98. The third-order valence-electron chi connectivity index (χ3n) is 3.60. The lowest BCUT2D eigenvalue weighted by molar-refractivity contribution is -0.384. The molecule has 1 rings (SSSR count). The van der Waals surface area contributed by atoms with Gasteiger partial charge < -0.3 is 10.2 Å². The number of carbonyl (C=O) groups is 1. The van der Waals surface area contributed by atoms with Crippen LogP contribution < -0.4 is 5.32 Å². The Labute approximate surface area is 125 Å². The number of anilines is 1. The standard InChI is InChI=1S/C15H23N3O3/c1-10(2)11(3)9-16-13-8-12(15(19)17(4)5)6-7-14(13)18(20)21/h6-8,10-11,16H,9H2,1-5H3. The largest absolute Gasteiger partial charge is 0.379 e. The van der Waals surface area contributed by atoms with Gasteiger partial charge in [-0.05, 0) is 24.0 Å². The maximum Gasteiger partial charge on any atom is 0.292 e. The Hall–Kier alpha value is -2.11. The van der Waals surface area contributed by atoms with Gasteiger partial charge >= 0.3 is 0 Å². The van der Waals surface area contributed by atoms with Gasteiger partial charge in [0.25, 0.3) is 11.6 Å². The van der Waals surface area contributed by atoms with Crippen LogP contribution in [0, 0.1) is 22.0 Å². The predicted octanol–water partition coefficient (Wildman–Crippen LogP) is 3.00. The molecule has 1 aromatic rings. The molecule has 1 N–H and O–H groups in total. The van der Waals surface area contributed by atoms with Gasteiger partial charge in [0.2, 0.25) is 0 Å². The summed E-state index contributed by atoms with van der Waals surface area (Å²) in [5.74, 6) is 0.672. The first-order valence-electron chi connectivity index (χ1n) is 6.98. The van der Waals surface area contributed by atoms with E-state index >= 15 is 0 Å². The molecule has 6 nitrogen and oxygen atoms in total. The number of amides is 1. The normalized spacial score (nSPS) is 12.1. The molecule has 0 radical (unpaired) electrons. The van der Waals surface area contributed by atoms with E-state index in [0.717, 1.165) is 0 Å². The molecule has 0 aromatic heterocycles. The van der Waals surface area contributed by atoms with Crippen LogP contribution in [0.4, 0.5) is 11.4 Å². The summed E-state index contributed by atoms with van der Waals surface area (Å²) < 4.78 is 0. The zero-order valence-electron chi connectivity index (χ0n) is 13.2. The van der Waals surface area contributed by atoms with E-state index in [9.17, 15) is 14.9 Å². The van der Waals surface area contributed by atoms with Gasteiger partial charge in [-0.3, -0.25) is 14.9 Å². The zero-order chi connectivity index (χ0) is 16.2. The van der Waals surface area contributed by atoms with E-state index < -0.39 is 4.92 Å². The van der Waals surface area contributed by atoms with Crippen LogP contribution in [0.1, 0.15) is 31.1 Å². The molecule has 1 unspecified atom stereocenters. The average Bonchev–Trinajstić information content (AvgIpc) is 2.42. The maximum absolute atomic E-state index is 12.0. The van der Waals surface area contributed by atoms with Crippen molar-refractivity contribution in [1.82, 2.24) is 4.90 Å². The van der Waals surface area contributed by atoms with Crippen molar-refractivity contribution in [2.75, 3.05) is 26.0 Å². The quantitative estimate of drug-likeness (QED) is 0.646. The minimum atomic E-state index is -0.438. The number of nitrogens with zero attached hydrogens (tertiary/aromatic N) is 2. The molecule has 0 aliphatic heterocycles. The molecule has 0 heterocycles. The van der Waals surface area contributed by atoms with E-state index in [1.165, 1.54) is 17.0 Å². The van der Waals surface area contributed by atoms with Gasteiger partial charge in [-0.1, -0.05) is 20.8 Å². The minimum absolute atomic E-state index is 0.0127. The molecule has 1 aromatic carbocycles. The highest BCUT2D eigenvalue weighted by atomic mass is 16.6. The second-order valence-corrected chi connectivity index (χ2v) is 5.79. The Morgan fingerprint density at radius 1 is 1.33 bits per heavy atom. The number of nitrogens with one attached hydrogen (secondary N) is 1. The number of carbonyl (C=O) groups excluding carboxylic acids is 1. The molecule has 0 saturated heterocycles. The summed E-state index contributed by atoms with van der Waals surface area (Å²) in [5.41, 5.74) is 0.812. The first-order valence-corrected chi connectivity index (χ1v) is 6.98. The van der Waals surface area contributed by atoms with Gasteiger partial charge in [-0.15, -0.1) is 0 Å². The highest BCUT2D eigenvalue weighted by Gasteiger charge is 2.18. The van der Waals surface area contributed by atoms with Crippen molar-refractivity contribution in [2.45, 2.75) is 20.8 Å². The number of nitro benzene ring substituents is 1. The topological polar surface area (TPSA) is 75.5 Å². The molecule has 21 heavy (non-hydrogen) atoms.